The molecule has 2 aromatic heterocycles. The number of carbonyl (C=O) groups is 1. The fourth-order valence-corrected chi connectivity index (χ4v) is 2.93. The number of benzene rings is 1. The lowest BCUT2D eigenvalue weighted by atomic mass is 10.0. The molecule has 2 heterocycles. The van der Waals surface area contributed by atoms with Crippen LogP contribution in [0, 0.1) is 12.8 Å². The van der Waals surface area contributed by atoms with Crippen LogP contribution >= 0.6 is 0 Å². The molecule has 0 radical (unpaired) electrons. The predicted molar refractivity (Wildman–Crippen MR) is 103 cm³/mol. The van der Waals surface area contributed by atoms with Gasteiger partial charge in [0.1, 0.15) is 11.6 Å². The molecule has 138 valence electrons. The first-order valence-electron chi connectivity index (χ1n) is 9.12. The van der Waals surface area contributed by atoms with Gasteiger partial charge in [-0.1, -0.05) is 19.9 Å². The summed E-state index contributed by atoms with van der Waals surface area (Å²) in [6.07, 6.45) is 2.37. The molecule has 0 unspecified atom stereocenters. The molecule has 0 aliphatic rings. The number of aromatic nitrogens is 4. The van der Waals surface area contributed by atoms with Crippen molar-refractivity contribution in [1.82, 2.24) is 19.6 Å². The molecule has 1 aromatic carbocycles. The Morgan fingerprint density at radius 3 is 2.81 bits per heavy atom. The maximum Gasteiger partial charge on any atom is 0.204 e. The lowest BCUT2D eigenvalue weighted by Gasteiger charge is -2.11. The molecule has 0 bridgehead atoms. The summed E-state index contributed by atoms with van der Waals surface area (Å²) in [7, 11) is 0. The molecule has 0 aliphatic heterocycles. The zero-order valence-electron chi connectivity index (χ0n) is 15.6. The summed E-state index contributed by atoms with van der Waals surface area (Å²) in [5.41, 5.74) is 9.01. The molecule has 26 heavy (non-hydrogen) atoms. The molecular weight excluding hydrogens is 328 g/mol. The van der Waals surface area contributed by atoms with Gasteiger partial charge in [0.2, 0.25) is 5.65 Å². The highest BCUT2D eigenvalue weighted by atomic mass is 16.1. The summed E-state index contributed by atoms with van der Waals surface area (Å²) >= 11 is 0. The summed E-state index contributed by atoms with van der Waals surface area (Å²) in [5, 5.41) is 11.8. The van der Waals surface area contributed by atoms with Crippen LogP contribution in [-0.2, 0) is 11.2 Å². The number of carbonyl (C=O) groups excluding carboxylic acids is 1. The predicted octanol–water partition coefficient (Wildman–Crippen LogP) is 2.50. The van der Waals surface area contributed by atoms with Gasteiger partial charge in [0.25, 0.3) is 0 Å². The third-order valence-corrected chi connectivity index (χ3v) is 4.50. The Kier molecular flexibility index (Phi) is 5.46. The zero-order valence-corrected chi connectivity index (χ0v) is 15.6. The molecule has 3 aromatic rings. The van der Waals surface area contributed by atoms with Gasteiger partial charge in [0.15, 0.2) is 5.82 Å². The van der Waals surface area contributed by atoms with Crippen molar-refractivity contribution < 1.29 is 4.79 Å². The molecular formula is C19H26N6O. The Balaban J connectivity index is 2.01. The molecule has 0 atom stereocenters. The number of Topliss-reactive ketones (excluding diaryl/α,β-unsaturated/α-hetero) is 1. The van der Waals surface area contributed by atoms with Crippen LogP contribution in [0.5, 0.6) is 0 Å². The normalized spacial score (nSPS) is 11.6. The van der Waals surface area contributed by atoms with E-state index >= 15 is 0 Å². The van der Waals surface area contributed by atoms with E-state index in [1.165, 1.54) is 0 Å². The average molecular weight is 354 g/mol. The average Bonchev–Trinajstić information content (AvgIpc) is 3.01. The zero-order chi connectivity index (χ0) is 18.7. The smallest absolute Gasteiger partial charge is 0.204 e. The second-order valence-electron chi connectivity index (χ2n) is 6.91. The number of anilines is 1. The standard InChI is InChI=1S/C19H26N6O/c1-12(2)17(26)11-14-6-7-15-16(10-14)25-13(3)23-24-19(25)18(22-15)21-9-5-4-8-20/h6-7,10,12H,4-5,8-9,11,20H2,1-3H3,(H,21,22). The Morgan fingerprint density at radius 2 is 2.08 bits per heavy atom. The summed E-state index contributed by atoms with van der Waals surface area (Å²) < 4.78 is 2.00. The van der Waals surface area contributed by atoms with Crippen molar-refractivity contribution in [3.8, 4) is 0 Å². The highest BCUT2D eigenvalue weighted by Gasteiger charge is 2.14. The third kappa shape index (κ3) is 3.67. The van der Waals surface area contributed by atoms with Gasteiger partial charge in [-0.15, -0.1) is 10.2 Å². The minimum Gasteiger partial charge on any atom is -0.367 e. The monoisotopic (exact) mass is 354 g/mol. The Morgan fingerprint density at radius 1 is 1.27 bits per heavy atom. The van der Waals surface area contributed by atoms with Crippen LogP contribution in [-0.4, -0.2) is 38.5 Å². The van der Waals surface area contributed by atoms with Gasteiger partial charge in [-0.05, 0) is 44.0 Å². The summed E-state index contributed by atoms with van der Waals surface area (Å²) in [5.74, 6) is 1.78. The highest BCUT2D eigenvalue weighted by molar-refractivity contribution is 5.86. The molecule has 0 saturated heterocycles. The van der Waals surface area contributed by atoms with Crippen LogP contribution in [0.2, 0.25) is 0 Å². The molecule has 0 saturated carbocycles. The number of aryl methyl sites for hydroxylation is 1. The number of hydrogen-bond acceptors (Lipinski definition) is 6. The number of nitrogens with one attached hydrogen (secondary N) is 1. The Bertz CT molecular complexity index is 931. The van der Waals surface area contributed by atoms with E-state index in [2.05, 4.69) is 15.5 Å². The lowest BCUT2D eigenvalue weighted by Crippen LogP contribution is -2.11. The van der Waals surface area contributed by atoms with Gasteiger partial charge in [-0.25, -0.2) is 4.98 Å². The first-order chi connectivity index (χ1) is 12.5. The topological polar surface area (TPSA) is 98.2 Å². The van der Waals surface area contributed by atoms with E-state index in [1.807, 2.05) is 43.4 Å². The number of fused-ring (bicyclic) bond motifs is 3. The summed E-state index contributed by atoms with van der Waals surface area (Å²) in [6, 6.07) is 5.95. The molecule has 0 amide bonds. The van der Waals surface area contributed by atoms with E-state index in [0.717, 1.165) is 47.6 Å². The third-order valence-electron chi connectivity index (χ3n) is 4.50. The lowest BCUT2D eigenvalue weighted by molar-refractivity contribution is -0.121. The van der Waals surface area contributed by atoms with Crippen LogP contribution in [0.25, 0.3) is 16.7 Å². The van der Waals surface area contributed by atoms with Gasteiger partial charge < -0.3 is 11.1 Å². The SMILES string of the molecule is Cc1nnc2c(NCCCCN)nc3ccc(CC(=O)C(C)C)cc3n12. The first-order valence-corrected chi connectivity index (χ1v) is 9.12. The summed E-state index contributed by atoms with van der Waals surface area (Å²) in [6.45, 7) is 7.25. The molecule has 0 fully saturated rings. The van der Waals surface area contributed by atoms with Crippen LogP contribution in [0.15, 0.2) is 18.2 Å². The van der Waals surface area contributed by atoms with Crippen molar-refractivity contribution in [2.24, 2.45) is 11.7 Å². The molecule has 0 spiro atoms. The summed E-state index contributed by atoms with van der Waals surface area (Å²) in [4.78, 5) is 16.8. The Labute approximate surface area is 153 Å². The van der Waals surface area contributed by atoms with Crippen molar-refractivity contribution in [2.75, 3.05) is 18.4 Å². The quantitative estimate of drug-likeness (QED) is 0.603. The fraction of sp³-hybridized carbons (Fsp3) is 0.474. The minimum atomic E-state index is 0.0283. The van der Waals surface area contributed by atoms with E-state index in [-0.39, 0.29) is 11.7 Å². The second-order valence-corrected chi connectivity index (χ2v) is 6.91. The molecule has 7 nitrogen and oxygen atoms in total. The molecule has 3 rings (SSSR count). The number of ketones is 1. The largest absolute Gasteiger partial charge is 0.367 e. The fourth-order valence-electron chi connectivity index (χ4n) is 2.93. The maximum atomic E-state index is 12.1. The number of nitrogens with zero attached hydrogens (tertiary/aromatic N) is 4. The van der Waals surface area contributed by atoms with Crippen LogP contribution in [0.1, 0.15) is 38.1 Å². The first kappa shape index (κ1) is 18.3. The van der Waals surface area contributed by atoms with E-state index in [9.17, 15) is 4.79 Å². The number of unbranched alkanes of at least 4 members (excludes halogenated alkanes) is 1. The van der Waals surface area contributed by atoms with Gasteiger partial charge in [0, 0.05) is 18.9 Å². The second kappa shape index (κ2) is 7.78. The van der Waals surface area contributed by atoms with Crippen molar-refractivity contribution in [3.63, 3.8) is 0 Å². The number of rotatable bonds is 8. The van der Waals surface area contributed by atoms with Crippen LogP contribution < -0.4 is 11.1 Å². The van der Waals surface area contributed by atoms with Crippen LogP contribution in [0.4, 0.5) is 5.82 Å². The van der Waals surface area contributed by atoms with E-state index < -0.39 is 0 Å². The van der Waals surface area contributed by atoms with Gasteiger partial charge in [0.05, 0.1) is 11.0 Å². The maximum absolute atomic E-state index is 12.1. The van der Waals surface area contributed by atoms with Gasteiger partial charge >= 0.3 is 0 Å². The Hall–Kier alpha value is -2.54. The van der Waals surface area contributed by atoms with Crippen molar-refractivity contribution in [1.29, 1.82) is 0 Å². The van der Waals surface area contributed by atoms with E-state index in [1.54, 1.807) is 0 Å². The minimum absolute atomic E-state index is 0.0283. The number of hydrogen-bond donors (Lipinski definition) is 2. The van der Waals surface area contributed by atoms with Crippen molar-refractivity contribution >= 4 is 28.3 Å². The van der Waals surface area contributed by atoms with Crippen LogP contribution in [0.3, 0.4) is 0 Å². The van der Waals surface area contributed by atoms with Gasteiger partial charge in [-0.3, -0.25) is 9.20 Å². The molecule has 0 aliphatic carbocycles. The molecule has 7 heteroatoms. The van der Waals surface area contributed by atoms with E-state index in [0.29, 0.717) is 18.6 Å². The highest BCUT2D eigenvalue weighted by Crippen LogP contribution is 2.23. The van der Waals surface area contributed by atoms with Crippen molar-refractivity contribution in [2.45, 2.75) is 40.0 Å². The van der Waals surface area contributed by atoms with Crippen molar-refractivity contribution in [3.05, 3.63) is 29.6 Å². The van der Waals surface area contributed by atoms with Gasteiger partial charge in [-0.2, -0.15) is 0 Å². The number of nitrogens with two attached hydrogens (primary N) is 1. The molecule has 3 N–H and O–H groups in total. The van der Waals surface area contributed by atoms with E-state index in [4.69, 9.17) is 10.7 Å².